The number of ketones is 1. The van der Waals surface area contributed by atoms with Crippen molar-refractivity contribution in [3.8, 4) is 0 Å². The molecule has 2 aromatic rings. The highest BCUT2D eigenvalue weighted by molar-refractivity contribution is 5.97. The molecule has 3 nitrogen and oxygen atoms in total. The van der Waals surface area contributed by atoms with E-state index < -0.39 is 11.2 Å². The zero-order valence-corrected chi connectivity index (χ0v) is 9.66. The average Bonchev–Trinajstić information content (AvgIpc) is 2.29. The minimum Gasteiger partial charge on any atom is -0.347 e. The summed E-state index contributed by atoms with van der Waals surface area (Å²) in [5.74, 6) is -0.777. The predicted molar refractivity (Wildman–Crippen MR) is 63.8 cm³/mol. The largest absolute Gasteiger partial charge is 0.347 e. The number of fused-ring (bicyclic) bond motifs is 1. The molecular weight excluding hydrogens is 221 g/mol. The van der Waals surface area contributed by atoms with Crippen LogP contribution in [0.4, 0.5) is 4.39 Å². The van der Waals surface area contributed by atoms with Gasteiger partial charge in [-0.3, -0.25) is 9.59 Å². The maximum Gasteiger partial charge on any atom is 0.200 e. The summed E-state index contributed by atoms with van der Waals surface area (Å²) in [7, 11) is 0. The lowest BCUT2D eigenvalue weighted by atomic mass is 10.1. The molecule has 1 aromatic carbocycles. The van der Waals surface area contributed by atoms with Crippen LogP contribution in [0.15, 0.2) is 29.2 Å². The SMILES string of the molecule is CCn1cc(C(C)=O)c(=O)c2cc(F)ccc21. The third kappa shape index (κ3) is 1.86. The maximum absolute atomic E-state index is 13.2. The summed E-state index contributed by atoms with van der Waals surface area (Å²) in [5, 5.41) is 0.250. The molecule has 88 valence electrons. The van der Waals surface area contributed by atoms with Crippen LogP contribution in [0.1, 0.15) is 24.2 Å². The summed E-state index contributed by atoms with van der Waals surface area (Å²) < 4.78 is 14.9. The molecule has 2 rings (SSSR count). The van der Waals surface area contributed by atoms with Gasteiger partial charge in [0, 0.05) is 18.1 Å². The van der Waals surface area contributed by atoms with Gasteiger partial charge in [-0.2, -0.15) is 0 Å². The summed E-state index contributed by atoms with van der Waals surface area (Å²) >= 11 is 0. The van der Waals surface area contributed by atoms with E-state index in [2.05, 4.69) is 0 Å². The van der Waals surface area contributed by atoms with Gasteiger partial charge in [-0.25, -0.2) is 4.39 Å². The van der Waals surface area contributed by atoms with Crippen LogP contribution in [0, 0.1) is 5.82 Å². The van der Waals surface area contributed by atoms with Gasteiger partial charge in [-0.1, -0.05) is 0 Å². The molecule has 0 aliphatic heterocycles. The Labute approximate surface area is 97.5 Å². The fourth-order valence-corrected chi connectivity index (χ4v) is 1.88. The Bertz CT molecular complexity index is 658. The first-order valence-electron chi connectivity index (χ1n) is 5.38. The molecule has 0 aliphatic rings. The minimum atomic E-state index is -0.474. The lowest BCUT2D eigenvalue weighted by Crippen LogP contribution is -2.17. The van der Waals surface area contributed by atoms with Gasteiger partial charge in [-0.15, -0.1) is 0 Å². The highest BCUT2D eigenvalue weighted by Gasteiger charge is 2.12. The van der Waals surface area contributed by atoms with Crippen LogP contribution >= 0.6 is 0 Å². The summed E-state index contributed by atoms with van der Waals surface area (Å²) in [6.45, 7) is 3.85. The molecule has 0 fully saturated rings. The van der Waals surface area contributed by atoms with Gasteiger partial charge in [0.25, 0.3) is 0 Å². The third-order valence-corrected chi connectivity index (χ3v) is 2.76. The molecular formula is C13H12FNO2. The molecule has 0 N–H and O–H groups in total. The zero-order chi connectivity index (χ0) is 12.6. The van der Waals surface area contributed by atoms with Gasteiger partial charge in [0.15, 0.2) is 11.2 Å². The van der Waals surface area contributed by atoms with Crippen LogP contribution in [0.5, 0.6) is 0 Å². The van der Waals surface area contributed by atoms with E-state index in [0.717, 1.165) is 0 Å². The first kappa shape index (κ1) is 11.5. The van der Waals surface area contributed by atoms with E-state index in [-0.39, 0.29) is 16.7 Å². The molecule has 0 saturated carbocycles. The number of carbonyl (C=O) groups is 1. The van der Waals surface area contributed by atoms with E-state index in [1.165, 1.54) is 25.3 Å². The Morgan fingerprint density at radius 1 is 1.41 bits per heavy atom. The van der Waals surface area contributed by atoms with Gasteiger partial charge in [0.2, 0.25) is 0 Å². The Hall–Kier alpha value is -1.97. The lowest BCUT2D eigenvalue weighted by molar-refractivity contribution is 0.101. The second-order valence-corrected chi connectivity index (χ2v) is 3.88. The fourth-order valence-electron chi connectivity index (χ4n) is 1.88. The van der Waals surface area contributed by atoms with Gasteiger partial charge in [-0.05, 0) is 32.0 Å². The molecule has 0 unspecified atom stereocenters. The minimum absolute atomic E-state index is 0.102. The predicted octanol–water partition coefficient (Wildman–Crippen LogP) is 2.36. The van der Waals surface area contributed by atoms with Crippen molar-refractivity contribution >= 4 is 16.7 Å². The first-order valence-corrected chi connectivity index (χ1v) is 5.38. The second-order valence-electron chi connectivity index (χ2n) is 3.88. The van der Waals surface area contributed by atoms with E-state index in [4.69, 9.17) is 0 Å². The number of benzene rings is 1. The number of pyridine rings is 1. The van der Waals surface area contributed by atoms with Crippen LogP contribution in [0.3, 0.4) is 0 Å². The van der Waals surface area contributed by atoms with E-state index in [0.29, 0.717) is 12.1 Å². The normalized spacial score (nSPS) is 10.8. The van der Waals surface area contributed by atoms with Crippen molar-refractivity contribution < 1.29 is 9.18 Å². The molecule has 0 spiro atoms. The van der Waals surface area contributed by atoms with Crippen molar-refractivity contribution in [2.45, 2.75) is 20.4 Å². The standard InChI is InChI=1S/C13H12FNO2/c1-3-15-7-11(8(2)16)13(17)10-6-9(14)4-5-12(10)15/h4-7H,3H2,1-2H3. The fraction of sp³-hybridized carbons (Fsp3) is 0.231. The molecule has 0 saturated heterocycles. The molecule has 17 heavy (non-hydrogen) atoms. The summed E-state index contributed by atoms with van der Waals surface area (Å²) in [5.41, 5.74) is 0.338. The Balaban J connectivity index is 2.96. The number of rotatable bonds is 2. The molecule has 1 aromatic heterocycles. The number of hydrogen-bond acceptors (Lipinski definition) is 2. The van der Waals surface area contributed by atoms with Crippen molar-refractivity contribution in [2.24, 2.45) is 0 Å². The molecule has 0 atom stereocenters. The number of aromatic nitrogens is 1. The van der Waals surface area contributed by atoms with Crippen LogP contribution in [0.25, 0.3) is 10.9 Å². The monoisotopic (exact) mass is 233 g/mol. The summed E-state index contributed by atoms with van der Waals surface area (Å²) in [6.07, 6.45) is 1.53. The Morgan fingerprint density at radius 3 is 2.71 bits per heavy atom. The topological polar surface area (TPSA) is 39.1 Å². The number of Topliss-reactive ketones (excluding diaryl/α,β-unsaturated/α-hetero) is 1. The number of aryl methyl sites for hydroxylation is 1. The van der Waals surface area contributed by atoms with Gasteiger partial charge >= 0.3 is 0 Å². The van der Waals surface area contributed by atoms with Crippen molar-refractivity contribution in [3.05, 3.63) is 46.0 Å². The van der Waals surface area contributed by atoms with Crippen molar-refractivity contribution in [1.29, 1.82) is 0 Å². The molecule has 1 heterocycles. The van der Waals surface area contributed by atoms with E-state index in [9.17, 15) is 14.0 Å². The first-order chi connectivity index (χ1) is 8.04. The quantitative estimate of drug-likeness (QED) is 0.747. The number of hydrogen-bond donors (Lipinski definition) is 0. The van der Waals surface area contributed by atoms with E-state index >= 15 is 0 Å². The summed E-state index contributed by atoms with van der Waals surface area (Å²) in [6, 6.07) is 4.04. The van der Waals surface area contributed by atoms with Crippen molar-refractivity contribution in [3.63, 3.8) is 0 Å². The smallest absolute Gasteiger partial charge is 0.200 e. The van der Waals surface area contributed by atoms with Gasteiger partial charge in [0.05, 0.1) is 11.1 Å². The second kappa shape index (κ2) is 4.13. The number of carbonyl (C=O) groups excluding carboxylic acids is 1. The molecule has 0 aliphatic carbocycles. The summed E-state index contributed by atoms with van der Waals surface area (Å²) in [4.78, 5) is 23.3. The molecule has 0 amide bonds. The number of halogens is 1. The van der Waals surface area contributed by atoms with Crippen LogP contribution in [-0.4, -0.2) is 10.4 Å². The van der Waals surface area contributed by atoms with Crippen molar-refractivity contribution in [1.82, 2.24) is 4.57 Å². The van der Waals surface area contributed by atoms with E-state index in [1.807, 2.05) is 6.92 Å². The van der Waals surface area contributed by atoms with Crippen LogP contribution in [0.2, 0.25) is 0 Å². The molecule has 0 bridgehead atoms. The Kier molecular flexibility index (Phi) is 2.79. The maximum atomic E-state index is 13.2. The van der Waals surface area contributed by atoms with Gasteiger partial charge in [0.1, 0.15) is 5.82 Å². The lowest BCUT2D eigenvalue weighted by Gasteiger charge is -2.10. The zero-order valence-electron chi connectivity index (χ0n) is 9.66. The average molecular weight is 233 g/mol. The molecule has 4 heteroatoms. The highest BCUT2D eigenvalue weighted by atomic mass is 19.1. The number of nitrogens with zero attached hydrogens (tertiary/aromatic N) is 1. The third-order valence-electron chi connectivity index (χ3n) is 2.76. The molecule has 0 radical (unpaired) electrons. The van der Waals surface area contributed by atoms with Crippen molar-refractivity contribution in [2.75, 3.05) is 0 Å². The highest BCUT2D eigenvalue weighted by Crippen LogP contribution is 2.14. The van der Waals surface area contributed by atoms with Crippen LogP contribution in [-0.2, 0) is 6.54 Å². The van der Waals surface area contributed by atoms with Crippen LogP contribution < -0.4 is 5.43 Å². The Morgan fingerprint density at radius 2 is 2.12 bits per heavy atom. The van der Waals surface area contributed by atoms with Gasteiger partial charge < -0.3 is 4.57 Å². The van der Waals surface area contributed by atoms with E-state index in [1.54, 1.807) is 10.6 Å².